The molecule has 0 unspecified atom stereocenters. The Bertz CT molecular complexity index is 1100. The fourth-order valence-corrected chi connectivity index (χ4v) is 3.03. The van der Waals surface area contributed by atoms with Gasteiger partial charge >= 0.3 is 11.9 Å². The van der Waals surface area contributed by atoms with Gasteiger partial charge < -0.3 is 19.2 Å². The molecule has 3 aromatic rings. The van der Waals surface area contributed by atoms with Gasteiger partial charge in [-0.25, -0.2) is 4.79 Å². The number of nitrogens with one attached hydrogen (secondary N) is 1. The minimum absolute atomic E-state index is 0.0697. The molecule has 1 aromatic heterocycles. The van der Waals surface area contributed by atoms with Crippen molar-refractivity contribution in [1.82, 2.24) is 4.98 Å². The van der Waals surface area contributed by atoms with Crippen molar-refractivity contribution >= 4 is 39.7 Å². The van der Waals surface area contributed by atoms with Crippen LogP contribution in [0.2, 0.25) is 0 Å². The van der Waals surface area contributed by atoms with Gasteiger partial charge in [-0.3, -0.25) is 9.59 Å². The van der Waals surface area contributed by atoms with Crippen molar-refractivity contribution in [1.29, 1.82) is 0 Å². The quantitative estimate of drug-likeness (QED) is 0.297. The number of H-pyrrole nitrogens is 1. The molecule has 0 saturated heterocycles. The van der Waals surface area contributed by atoms with E-state index in [-0.39, 0.29) is 18.0 Å². The Morgan fingerprint density at radius 1 is 1.00 bits per heavy atom. The highest BCUT2D eigenvalue weighted by Gasteiger charge is 2.21. The Morgan fingerprint density at radius 3 is 2.12 bits per heavy atom. The highest BCUT2D eigenvalue weighted by atomic mass is 35.5. The summed E-state index contributed by atoms with van der Waals surface area (Å²) in [5, 5.41) is 0.402. The zero-order chi connectivity index (χ0) is 23.8. The normalized spacial score (nSPS) is 10.3. The maximum Gasteiger partial charge on any atom is 0.355 e. The number of ether oxygens (including phenoxy) is 3. The Hall–Kier alpha value is -3.32. The van der Waals surface area contributed by atoms with Gasteiger partial charge in [0.25, 0.3) is 0 Å². The van der Waals surface area contributed by atoms with Crippen LogP contribution in [-0.4, -0.2) is 34.9 Å². The molecule has 7 nitrogen and oxygen atoms in total. The highest BCUT2D eigenvalue weighted by Crippen LogP contribution is 2.36. The molecule has 0 saturated carbocycles. The minimum atomic E-state index is -0.440. The number of hydrogen-bond acceptors (Lipinski definition) is 6. The molecule has 0 fully saturated rings. The van der Waals surface area contributed by atoms with E-state index in [1.165, 1.54) is 13.8 Å². The number of carbonyl (C=O) groups excluding carboxylic acids is 3. The van der Waals surface area contributed by atoms with Crippen molar-refractivity contribution in [3.8, 4) is 22.6 Å². The average molecular weight is 460 g/mol. The first-order valence-electron chi connectivity index (χ1n) is 10.1. The molecular formula is C24H26ClNO6. The van der Waals surface area contributed by atoms with Crippen LogP contribution in [0.4, 0.5) is 0 Å². The molecular weight excluding hydrogens is 434 g/mol. The van der Waals surface area contributed by atoms with Gasteiger partial charge in [-0.1, -0.05) is 12.1 Å². The standard InChI is InChI=1S/C22H23NO5.C2H3ClO/c1-5-26-22(25)21-20(15-6-8-16(9-7-15)27-13(2)3)18-12-17(28-14(4)24)10-11-19(18)23-21;1-2(3)4/h6-13,23H,5H2,1-4H3;1H3. The van der Waals surface area contributed by atoms with Crippen molar-refractivity contribution in [2.45, 2.75) is 40.7 Å². The molecule has 0 aliphatic heterocycles. The van der Waals surface area contributed by atoms with Gasteiger partial charge in [-0.05, 0) is 68.3 Å². The summed E-state index contributed by atoms with van der Waals surface area (Å²) in [6.07, 6.45) is 0.0697. The van der Waals surface area contributed by atoms with Crippen molar-refractivity contribution in [3.63, 3.8) is 0 Å². The lowest BCUT2D eigenvalue weighted by Crippen LogP contribution is -2.07. The Morgan fingerprint density at radius 2 is 1.59 bits per heavy atom. The van der Waals surface area contributed by atoms with Gasteiger partial charge in [-0.15, -0.1) is 0 Å². The lowest BCUT2D eigenvalue weighted by Gasteiger charge is -2.11. The van der Waals surface area contributed by atoms with Gasteiger partial charge in [0, 0.05) is 30.3 Å². The van der Waals surface area contributed by atoms with Gasteiger partial charge in [0.15, 0.2) is 0 Å². The topological polar surface area (TPSA) is 94.7 Å². The second-order valence-electron chi connectivity index (χ2n) is 7.06. The molecule has 0 aliphatic rings. The zero-order valence-corrected chi connectivity index (χ0v) is 19.4. The van der Waals surface area contributed by atoms with Crippen LogP contribution < -0.4 is 9.47 Å². The maximum atomic E-state index is 12.5. The summed E-state index contributed by atoms with van der Waals surface area (Å²) < 4.78 is 16.1. The van der Waals surface area contributed by atoms with Crippen LogP contribution in [0.3, 0.4) is 0 Å². The van der Waals surface area contributed by atoms with E-state index in [0.29, 0.717) is 17.0 Å². The lowest BCUT2D eigenvalue weighted by molar-refractivity contribution is -0.131. The smallest absolute Gasteiger partial charge is 0.355 e. The summed E-state index contributed by atoms with van der Waals surface area (Å²) in [5.74, 6) is 0.315. The number of carbonyl (C=O) groups is 3. The summed E-state index contributed by atoms with van der Waals surface area (Å²) >= 11 is 4.64. The molecule has 3 rings (SSSR count). The van der Waals surface area contributed by atoms with Crippen LogP contribution in [0.25, 0.3) is 22.0 Å². The molecule has 2 aromatic carbocycles. The highest BCUT2D eigenvalue weighted by molar-refractivity contribution is 6.62. The predicted octanol–water partition coefficient (Wildman–Crippen LogP) is 5.50. The largest absolute Gasteiger partial charge is 0.491 e. The monoisotopic (exact) mass is 459 g/mol. The van der Waals surface area contributed by atoms with E-state index in [4.69, 9.17) is 14.2 Å². The molecule has 0 aliphatic carbocycles. The van der Waals surface area contributed by atoms with Gasteiger partial charge in [-0.2, -0.15) is 0 Å². The zero-order valence-electron chi connectivity index (χ0n) is 18.7. The summed E-state index contributed by atoms with van der Waals surface area (Å²) in [7, 11) is 0. The second-order valence-corrected chi connectivity index (χ2v) is 7.59. The molecule has 0 amide bonds. The van der Waals surface area contributed by atoms with Gasteiger partial charge in [0.2, 0.25) is 5.24 Å². The molecule has 8 heteroatoms. The first-order chi connectivity index (χ1) is 15.1. The van der Waals surface area contributed by atoms with E-state index in [2.05, 4.69) is 16.6 Å². The van der Waals surface area contributed by atoms with E-state index in [9.17, 15) is 14.4 Å². The van der Waals surface area contributed by atoms with Crippen LogP contribution in [-0.2, 0) is 14.3 Å². The number of aromatic amines is 1. The van der Waals surface area contributed by atoms with Crippen LogP contribution >= 0.6 is 11.6 Å². The molecule has 0 atom stereocenters. The SMILES string of the molecule is CC(=O)Cl.CCOC(=O)c1[nH]c2ccc(OC(C)=O)cc2c1-c1ccc(OC(C)C)cc1. The first kappa shape index (κ1) is 24.9. The molecule has 170 valence electrons. The van der Waals surface area contributed by atoms with Crippen molar-refractivity contribution in [2.75, 3.05) is 6.61 Å². The van der Waals surface area contributed by atoms with E-state index in [1.54, 1.807) is 25.1 Å². The van der Waals surface area contributed by atoms with Crippen molar-refractivity contribution < 1.29 is 28.6 Å². The van der Waals surface area contributed by atoms with Crippen molar-refractivity contribution in [2.24, 2.45) is 0 Å². The number of benzene rings is 2. The lowest BCUT2D eigenvalue weighted by atomic mass is 10.0. The summed E-state index contributed by atoms with van der Waals surface area (Å²) in [6, 6.07) is 12.7. The molecule has 0 radical (unpaired) electrons. The van der Waals surface area contributed by atoms with E-state index in [0.717, 1.165) is 22.2 Å². The average Bonchev–Trinajstić information content (AvgIpc) is 3.06. The first-order valence-corrected chi connectivity index (χ1v) is 10.4. The fraction of sp³-hybridized carbons (Fsp3) is 0.292. The van der Waals surface area contributed by atoms with E-state index in [1.807, 2.05) is 38.1 Å². The second kappa shape index (κ2) is 11.3. The van der Waals surface area contributed by atoms with Crippen LogP contribution in [0, 0.1) is 0 Å². The number of esters is 2. The molecule has 1 N–H and O–H groups in total. The number of hydrogen-bond donors (Lipinski definition) is 1. The van der Waals surface area contributed by atoms with Crippen LogP contribution in [0.5, 0.6) is 11.5 Å². The molecule has 32 heavy (non-hydrogen) atoms. The van der Waals surface area contributed by atoms with E-state index < -0.39 is 11.9 Å². The molecule has 1 heterocycles. The third kappa shape index (κ3) is 6.85. The number of fused-ring (bicyclic) bond motifs is 1. The number of halogens is 1. The summed E-state index contributed by atoms with van der Waals surface area (Å²) in [6.45, 7) is 8.60. The van der Waals surface area contributed by atoms with Gasteiger partial charge in [0.1, 0.15) is 17.2 Å². The summed E-state index contributed by atoms with van der Waals surface area (Å²) in [4.78, 5) is 36.2. The van der Waals surface area contributed by atoms with Crippen LogP contribution in [0.1, 0.15) is 45.1 Å². The number of aromatic nitrogens is 1. The molecule has 0 bridgehead atoms. The molecule has 0 spiro atoms. The number of rotatable bonds is 6. The fourth-order valence-electron chi connectivity index (χ4n) is 3.03. The van der Waals surface area contributed by atoms with Crippen LogP contribution in [0.15, 0.2) is 42.5 Å². The maximum absolute atomic E-state index is 12.5. The Balaban J connectivity index is 0.000000837. The third-order valence-corrected chi connectivity index (χ3v) is 4.03. The van der Waals surface area contributed by atoms with Crippen molar-refractivity contribution in [3.05, 3.63) is 48.2 Å². The third-order valence-electron chi connectivity index (χ3n) is 4.03. The Labute approximate surface area is 191 Å². The summed E-state index contributed by atoms with van der Waals surface area (Å²) in [5.41, 5.74) is 2.62. The van der Waals surface area contributed by atoms with Gasteiger partial charge in [0.05, 0.1) is 12.7 Å². The predicted molar refractivity (Wildman–Crippen MR) is 123 cm³/mol. The van der Waals surface area contributed by atoms with E-state index >= 15 is 0 Å². The minimum Gasteiger partial charge on any atom is -0.491 e. The Kier molecular flexibility index (Phi) is 8.84.